The van der Waals surface area contributed by atoms with Crippen LogP contribution in [0.15, 0.2) is 18.2 Å². The van der Waals surface area contributed by atoms with Gasteiger partial charge in [0.15, 0.2) is 11.5 Å². The molecule has 0 radical (unpaired) electrons. The highest BCUT2D eigenvalue weighted by molar-refractivity contribution is 7.98. The van der Waals surface area contributed by atoms with Gasteiger partial charge >= 0.3 is 0 Å². The van der Waals surface area contributed by atoms with Crippen LogP contribution in [0.25, 0.3) is 0 Å². The Hall–Kier alpha value is -0.870. The summed E-state index contributed by atoms with van der Waals surface area (Å²) >= 11 is 1.74. The minimum absolute atomic E-state index is 0.492. The standard InChI is InChI=1S/C12H18O3S/c1-9(13)10-4-5-11(12(8-10)14-2)15-6-7-16-3/h4-5,8-9,13H,6-7H2,1-3H3/t9-/m1/s1. The Morgan fingerprint density at radius 2 is 2.12 bits per heavy atom. The molecule has 16 heavy (non-hydrogen) atoms. The van der Waals surface area contributed by atoms with E-state index in [4.69, 9.17) is 9.47 Å². The van der Waals surface area contributed by atoms with Gasteiger partial charge in [0.05, 0.1) is 19.8 Å². The molecule has 1 N–H and O–H groups in total. The van der Waals surface area contributed by atoms with Crippen LogP contribution >= 0.6 is 11.8 Å². The lowest BCUT2D eigenvalue weighted by Crippen LogP contribution is -2.02. The molecule has 4 heteroatoms. The number of methoxy groups -OCH3 is 1. The second-order valence-electron chi connectivity index (χ2n) is 3.43. The lowest BCUT2D eigenvalue weighted by Gasteiger charge is -2.12. The largest absolute Gasteiger partial charge is 0.493 e. The third kappa shape index (κ3) is 3.61. The van der Waals surface area contributed by atoms with Crippen molar-refractivity contribution in [3.8, 4) is 11.5 Å². The van der Waals surface area contributed by atoms with Gasteiger partial charge in [0.25, 0.3) is 0 Å². The molecular weight excluding hydrogens is 224 g/mol. The van der Waals surface area contributed by atoms with Crippen LogP contribution in [-0.4, -0.2) is 30.8 Å². The van der Waals surface area contributed by atoms with Crippen molar-refractivity contribution in [1.29, 1.82) is 0 Å². The maximum atomic E-state index is 9.45. The average Bonchev–Trinajstić information content (AvgIpc) is 2.29. The summed E-state index contributed by atoms with van der Waals surface area (Å²) in [6.07, 6.45) is 1.55. The minimum atomic E-state index is -0.492. The molecule has 1 rings (SSSR count). The van der Waals surface area contributed by atoms with E-state index in [1.807, 2.05) is 18.4 Å². The van der Waals surface area contributed by atoms with Gasteiger partial charge in [-0.3, -0.25) is 0 Å². The maximum Gasteiger partial charge on any atom is 0.161 e. The number of aliphatic hydroxyl groups is 1. The van der Waals surface area contributed by atoms with Crippen molar-refractivity contribution in [3.05, 3.63) is 23.8 Å². The zero-order valence-electron chi connectivity index (χ0n) is 9.90. The molecule has 1 atom stereocenters. The quantitative estimate of drug-likeness (QED) is 0.778. The van der Waals surface area contributed by atoms with Crippen LogP contribution in [0.2, 0.25) is 0 Å². The number of thioether (sulfide) groups is 1. The van der Waals surface area contributed by atoms with E-state index >= 15 is 0 Å². The van der Waals surface area contributed by atoms with Gasteiger partial charge in [-0.15, -0.1) is 0 Å². The number of ether oxygens (including phenoxy) is 2. The van der Waals surface area contributed by atoms with Crippen LogP contribution < -0.4 is 9.47 Å². The van der Waals surface area contributed by atoms with E-state index in [2.05, 4.69) is 0 Å². The topological polar surface area (TPSA) is 38.7 Å². The van der Waals surface area contributed by atoms with Crippen LogP contribution in [0.4, 0.5) is 0 Å². The number of benzene rings is 1. The summed E-state index contributed by atoms with van der Waals surface area (Å²) < 4.78 is 10.8. The Morgan fingerprint density at radius 1 is 1.38 bits per heavy atom. The predicted octanol–water partition coefficient (Wildman–Crippen LogP) is 2.49. The van der Waals surface area contributed by atoms with E-state index in [9.17, 15) is 5.11 Å². The van der Waals surface area contributed by atoms with Gasteiger partial charge in [-0.25, -0.2) is 0 Å². The Kier molecular flexibility index (Phi) is 5.49. The number of hydrogen-bond acceptors (Lipinski definition) is 4. The van der Waals surface area contributed by atoms with E-state index in [0.717, 1.165) is 17.1 Å². The Labute approximate surface area is 101 Å². The molecule has 0 aliphatic carbocycles. The number of aliphatic hydroxyl groups excluding tert-OH is 1. The van der Waals surface area contributed by atoms with Crippen molar-refractivity contribution in [2.45, 2.75) is 13.0 Å². The van der Waals surface area contributed by atoms with Gasteiger partial charge in [-0.2, -0.15) is 11.8 Å². The van der Waals surface area contributed by atoms with Crippen LogP contribution in [0.3, 0.4) is 0 Å². The zero-order chi connectivity index (χ0) is 12.0. The third-order valence-electron chi connectivity index (χ3n) is 2.22. The lowest BCUT2D eigenvalue weighted by molar-refractivity contribution is 0.198. The summed E-state index contributed by atoms with van der Waals surface area (Å²) in [5.41, 5.74) is 0.828. The van der Waals surface area contributed by atoms with Crippen LogP contribution in [0.1, 0.15) is 18.6 Å². The highest BCUT2D eigenvalue weighted by Crippen LogP contribution is 2.30. The van der Waals surface area contributed by atoms with E-state index in [0.29, 0.717) is 12.4 Å². The smallest absolute Gasteiger partial charge is 0.161 e. The molecule has 0 saturated carbocycles. The molecule has 0 aliphatic heterocycles. The van der Waals surface area contributed by atoms with Gasteiger partial charge in [0.1, 0.15) is 0 Å². The van der Waals surface area contributed by atoms with E-state index < -0.39 is 6.10 Å². The van der Waals surface area contributed by atoms with Gasteiger partial charge in [-0.05, 0) is 30.9 Å². The molecule has 0 fully saturated rings. The minimum Gasteiger partial charge on any atom is -0.493 e. The third-order valence-corrected chi connectivity index (χ3v) is 2.79. The van der Waals surface area contributed by atoms with Gasteiger partial charge in [0, 0.05) is 5.75 Å². The maximum absolute atomic E-state index is 9.45. The first-order valence-corrected chi connectivity index (χ1v) is 6.56. The summed E-state index contributed by atoms with van der Waals surface area (Å²) in [5, 5.41) is 9.45. The molecule has 0 heterocycles. The normalized spacial score (nSPS) is 12.2. The number of hydrogen-bond donors (Lipinski definition) is 1. The van der Waals surface area contributed by atoms with Gasteiger partial charge in [-0.1, -0.05) is 6.07 Å². The second kappa shape index (κ2) is 6.66. The first-order chi connectivity index (χ1) is 7.69. The van der Waals surface area contributed by atoms with Crippen LogP contribution in [0, 0.1) is 0 Å². The van der Waals surface area contributed by atoms with E-state index in [1.165, 1.54) is 0 Å². The molecule has 0 amide bonds. The van der Waals surface area contributed by atoms with Gasteiger partial charge < -0.3 is 14.6 Å². The molecule has 0 saturated heterocycles. The van der Waals surface area contributed by atoms with Crippen molar-refractivity contribution in [3.63, 3.8) is 0 Å². The molecule has 1 aromatic rings. The van der Waals surface area contributed by atoms with Crippen molar-refractivity contribution in [1.82, 2.24) is 0 Å². The highest BCUT2D eigenvalue weighted by atomic mass is 32.2. The Balaban J connectivity index is 2.76. The lowest BCUT2D eigenvalue weighted by atomic mass is 10.1. The van der Waals surface area contributed by atoms with Crippen LogP contribution in [0.5, 0.6) is 11.5 Å². The molecule has 0 unspecified atom stereocenters. The highest BCUT2D eigenvalue weighted by Gasteiger charge is 2.08. The summed E-state index contributed by atoms with van der Waals surface area (Å²) in [7, 11) is 1.60. The SMILES string of the molecule is COc1cc([C@@H](C)O)ccc1OCCSC. The average molecular weight is 242 g/mol. The fourth-order valence-corrected chi connectivity index (χ4v) is 1.55. The Bertz CT molecular complexity index is 326. The monoisotopic (exact) mass is 242 g/mol. The molecule has 0 spiro atoms. The van der Waals surface area contributed by atoms with Crippen molar-refractivity contribution in [2.75, 3.05) is 25.7 Å². The summed E-state index contributed by atoms with van der Waals surface area (Å²) in [4.78, 5) is 0. The predicted molar refractivity (Wildman–Crippen MR) is 67.5 cm³/mol. The van der Waals surface area contributed by atoms with Crippen LogP contribution in [-0.2, 0) is 0 Å². The Morgan fingerprint density at radius 3 is 2.69 bits per heavy atom. The molecule has 1 aromatic carbocycles. The summed E-state index contributed by atoms with van der Waals surface area (Å²) in [6, 6.07) is 5.49. The fourth-order valence-electron chi connectivity index (χ4n) is 1.30. The first-order valence-electron chi connectivity index (χ1n) is 5.16. The van der Waals surface area contributed by atoms with Gasteiger partial charge in [0.2, 0.25) is 0 Å². The number of rotatable bonds is 6. The molecule has 0 aromatic heterocycles. The molecule has 90 valence electrons. The first kappa shape index (κ1) is 13.2. The molecule has 3 nitrogen and oxygen atoms in total. The van der Waals surface area contributed by atoms with Crippen molar-refractivity contribution >= 4 is 11.8 Å². The zero-order valence-corrected chi connectivity index (χ0v) is 10.7. The van der Waals surface area contributed by atoms with E-state index in [1.54, 1.807) is 31.9 Å². The van der Waals surface area contributed by atoms with E-state index in [-0.39, 0.29) is 0 Å². The molecule has 0 aliphatic rings. The molecule has 0 bridgehead atoms. The summed E-state index contributed by atoms with van der Waals surface area (Å²) in [6.45, 7) is 2.38. The van der Waals surface area contributed by atoms with Crippen molar-refractivity contribution in [2.24, 2.45) is 0 Å². The molecular formula is C12H18O3S. The van der Waals surface area contributed by atoms with Crippen molar-refractivity contribution < 1.29 is 14.6 Å². The second-order valence-corrected chi connectivity index (χ2v) is 4.41. The fraction of sp³-hybridized carbons (Fsp3) is 0.500. The summed E-state index contributed by atoms with van der Waals surface area (Å²) in [5.74, 6) is 2.34.